The maximum atomic E-state index is 12.2. The third kappa shape index (κ3) is 4.72. The van der Waals surface area contributed by atoms with Crippen LogP contribution in [0, 0.1) is 0 Å². The summed E-state index contributed by atoms with van der Waals surface area (Å²) in [5, 5.41) is 21.4. The zero-order chi connectivity index (χ0) is 19.2. The van der Waals surface area contributed by atoms with Crippen molar-refractivity contribution >= 4 is 34.1 Å². The fourth-order valence-corrected chi connectivity index (χ4v) is 4.15. The first kappa shape index (κ1) is 19.5. The second kappa shape index (κ2) is 9.09. The molecular formula is C18H22N6OS2. The van der Waals surface area contributed by atoms with Crippen molar-refractivity contribution in [2.45, 2.75) is 45.3 Å². The molecule has 1 N–H and O–H groups in total. The number of aryl methyl sites for hydroxylation is 2. The average Bonchev–Trinajstić information content (AvgIpc) is 3.32. The van der Waals surface area contributed by atoms with E-state index < -0.39 is 0 Å². The summed E-state index contributed by atoms with van der Waals surface area (Å²) in [5.41, 5.74) is 2.28. The minimum atomic E-state index is -0.132. The highest BCUT2D eigenvalue weighted by atomic mass is 32.2. The van der Waals surface area contributed by atoms with Gasteiger partial charge in [0.25, 0.3) is 0 Å². The van der Waals surface area contributed by atoms with Crippen LogP contribution in [0.4, 0.5) is 5.13 Å². The molecular weight excluding hydrogens is 380 g/mol. The van der Waals surface area contributed by atoms with Gasteiger partial charge in [-0.25, -0.2) is 0 Å². The summed E-state index contributed by atoms with van der Waals surface area (Å²) in [7, 11) is 0. The molecule has 2 aromatic heterocycles. The number of carbonyl (C=O) groups excluding carboxylic acids is 1. The van der Waals surface area contributed by atoms with E-state index in [9.17, 15) is 4.79 Å². The zero-order valence-electron chi connectivity index (χ0n) is 15.6. The van der Waals surface area contributed by atoms with Crippen molar-refractivity contribution in [1.29, 1.82) is 0 Å². The van der Waals surface area contributed by atoms with Crippen molar-refractivity contribution in [3.05, 3.63) is 35.7 Å². The standard InChI is InChI=1S/C18H22N6OS2/c1-4-12-7-9-13(10-8-12)16-21-22-17(27-16)19-15(25)11-26-18-23-20-14(5-2)24(18)6-3/h7-10H,4-6,11H2,1-3H3,(H,19,22,25). The SMILES string of the molecule is CCc1ccc(-c2nnc(NC(=O)CSc3nnc(CC)n3CC)s2)cc1. The molecule has 7 nitrogen and oxygen atoms in total. The van der Waals surface area contributed by atoms with Crippen LogP contribution in [0.5, 0.6) is 0 Å². The molecule has 0 aliphatic carbocycles. The van der Waals surface area contributed by atoms with E-state index >= 15 is 0 Å². The molecule has 0 fully saturated rings. The third-order valence-electron chi connectivity index (χ3n) is 4.04. The Labute approximate surface area is 166 Å². The number of aromatic nitrogens is 5. The van der Waals surface area contributed by atoms with Gasteiger partial charge in [-0.2, -0.15) is 0 Å². The highest BCUT2D eigenvalue weighted by Crippen LogP contribution is 2.27. The van der Waals surface area contributed by atoms with Gasteiger partial charge in [0, 0.05) is 18.5 Å². The first-order chi connectivity index (χ1) is 13.1. The topological polar surface area (TPSA) is 85.6 Å². The predicted octanol–water partition coefficient (Wildman–Crippen LogP) is 3.67. The number of nitrogens with one attached hydrogen (secondary N) is 1. The second-order valence-electron chi connectivity index (χ2n) is 5.80. The number of anilines is 1. The molecule has 1 aromatic carbocycles. The largest absolute Gasteiger partial charge is 0.306 e. The monoisotopic (exact) mass is 402 g/mol. The van der Waals surface area contributed by atoms with E-state index in [1.54, 1.807) is 0 Å². The number of thioether (sulfide) groups is 1. The summed E-state index contributed by atoms with van der Waals surface area (Å²) < 4.78 is 2.03. The second-order valence-corrected chi connectivity index (χ2v) is 7.72. The van der Waals surface area contributed by atoms with Crippen LogP contribution in [0.25, 0.3) is 10.6 Å². The molecule has 2 heterocycles. The van der Waals surface area contributed by atoms with E-state index in [0.717, 1.165) is 40.9 Å². The molecule has 0 saturated heterocycles. The molecule has 3 rings (SSSR count). The average molecular weight is 403 g/mol. The van der Waals surface area contributed by atoms with Gasteiger partial charge < -0.3 is 4.57 Å². The number of amides is 1. The van der Waals surface area contributed by atoms with Gasteiger partial charge in [0.1, 0.15) is 10.8 Å². The van der Waals surface area contributed by atoms with Gasteiger partial charge in [-0.05, 0) is 18.9 Å². The van der Waals surface area contributed by atoms with Gasteiger partial charge in [0.2, 0.25) is 11.0 Å². The molecule has 0 atom stereocenters. The lowest BCUT2D eigenvalue weighted by Gasteiger charge is -2.05. The van der Waals surface area contributed by atoms with Crippen molar-refractivity contribution in [1.82, 2.24) is 25.0 Å². The van der Waals surface area contributed by atoms with Crippen molar-refractivity contribution in [2.24, 2.45) is 0 Å². The molecule has 0 radical (unpaired) electrons. The first-order valence-corrected chi connectivity index (χ1v) is 10.7. The molecule has 0 aliphatic heterocycles. The van der Waals surface area contributed by atoms with Gasteiger partial charge >= 0.3 is 0 Å². The highest BCUT2D eigenvalue weighted by Gasteiger charge is 2.14. The minimum Gasteiger partial charge on any atom is -0.306 e. The molecule has 1 amide bonds. The number of hydrogen-bond acceptors (Lipinski definition) is 7. The molecule has 9 heteroatoms. The van der Waals surface area contributed by atoms with Gasteiger partial charge in [0.05, 0.1) is 5.75 Å². The van der Waals surface area contributed by atoms with Crippen LogP contribution in [0.3, 0.4) is 0 Å². The number of hydrogen-bond donors (Lipinski definition) is 1. The van der Waals surface area contributed by atoms with Crippen molar-refractivity contribution in [2.75, 3.05) is 11.1 Å². The van der Waals surface area contributed by atoms with Crippen LogP contribution in [-0.4, -0.2) is 36.6 Å². The number of benzene rings is 1. The summed E-state index contributed by atoms with van der Waals surface area (Å²) in [6, 6.07) is 8.23. The molecule has 3 aromatic rings. The van der Waals surface area contributed by atoms with Crippen LogP contribution in [0.15, 0.2) is 29.4 Å². The molecule has 0 bridgehead atoms. The van der Waals surface area contributed by atoms with E-state index in [-0.39, 0.29) is 11.7 Å². The summed E-state index contributed by atoms with van der Waals surface area (Å²) in [6.07, 6.45) is 1.82. The van der Waals surface area contributed by atoms with E-state index in [2.05, 4.69) is 44.8 Å². The number of carbonyl (C=O) groups is 1. The molecule has 0 saturated carbocycles. The van der Waals surface area contributed by atoms with Crippen molar-refractivity contribution in [3.63, 3.8) is 0 Å². The first-order valence-electron chi connectivity index (χ1n) is 8.92. The summed E-state index contributed by atoms with van der Waals surface area (Å²) in [4.78, 5) is 12.2. The highest BCUT2D eigenvalue weighted by molar-refractivity contribution is 7.99. The Balaban J connectivity index is 1.58. The lowest BCUT2D eigenvalue weighted by Crippen LogP contribution is -2.14. The molecule has 0 spiro atoms. The van der Waals surface area contributed by atoms with Crippen LogP contribution in [0.2, 0.25) is 0 Å². The Kier molecular flexibility index (Phi) is 6.57. The number of rotatable bonds is 8. The molecule has 0 unspecified atom stereocenters. The Bertz CT molecular complexity index is 903. The Morgan fingerprint density at radius 1 is 1.07 bits per heavy atom. The maximum absolute atomic E-state index is 12.2. The van der Waals surface area contributed by atoms with Gasteiger partial charge in [-0.15, -0.1) is 20.4 Å². The molecule has 142 valence electrons. The minimum absolute atomic E-state index is 0.132. The Hall–Kier alpha value is -2.26. The smallest absolute Gasteiger partial charge is 0.236 e. The molecule has 27 heavy (non-hydrogen) atoms. The van der Waals surface area contributed by atoms with E-state index in [1.165, 1.54) is 28.7 Å². The van der Waals surface area contributed by atoms with E-state index in [0.29, 0.717) is 5.13 Å². The fourth-order valence-electron chi connectivity index (χ4n) is 2.56. The lowest BCUT2D eigenvalue weighted by atomic mass is 10.1. The van der Waals surface area contributed by atoms with Gasteiger partial charge in [-0.3, -0.25) is 10.1 Å². The summed E-state index contributed by atoms with van der Waals surface area (Å²) in [6.45, 7) is 7.00. The Morgan fingerprint density at radius 3 is 2.52 bits per heavy atom. The van der Waals surface area contributed by atoms with Gasteiger partial charge in [0.15, 0.2) is 5.16 Å². The lowest BCUT2D eigenvalue weighted by molar-refractivity contribution is -0.113. The fraction of sp³-hybridized carbons (Fsp3) is 0.389. The normalized spacial score (nSPS) is 10.9. The Morgan fingerprint density at radius 2 is 1.85 bits per heavy atom. The number of nitrogens with zero attached hydrogens (tertiary/aromatic N) is 5. The van der Waals surface area contributed by atoms with Gasteiger partial charge in [-0.1, -0.05) is 61.2 Å². The third-order valence-corrected chi connectivity index (χ3v) is 5.89. The molecule has 0 aliphatic rings. The van der Waals surface area contributed by atoms with E-state index in [4.69, 9.17) is 0 Å². The van der Waals surface area contributed by atoms with Crippen molar-refractivity contribution < 1.29 is 4.79 Å². The summed E-state index contributed by atoms with van der Waals surface area (Å²) in [5.74, 6) is 1.05. The maximum Gasteiger partial charge on any atom is 0.236 e. The zero-order valence-corrected chi connectivity index (χ0v) is 17.2. The van der Waals surface area contributed by atoms with Crippen LogP contribution in [-0.2, 0) is 24.2 Å². The van der Waals surface area contributed by atoms with E-state index in [1.807, 2.05) is 30.5 Å². The van der Waals surface area contributed by atoms with Crippen LogP contribution < -0.4 is 5.32 Å². The van der Waals surface area contributed by atoms with Crippen LogP contribution >= 0.6 is 23.1 Å². The quantitative estimate of drug-likeness (QED) is 0.579. The predicted molar refractivity (Wildman–Crippen MR) is 109 cm³/mol. The van der Waals surface area contributed by atoms with Crippen LogP contribution in [0.1, 0.15) is 32.2 Å². The van der Waals surface area contributed by atoms with Crippen molar-refractivity contribution in [3.8, 4) is 10.6 Å². The summed E-state index contributed by atoms with van der Waals surface area (Å²) >= 11 is 2.74.